The number of carbonyl (C=O) groups is 2. The van der Waals surface area contributed by atoms with Crippen molar-refractivity contribution >= 4 is 40.1 Å². The van der Waals surface area contributed by atoms with Crippen LogP contribution in [-0.2, 0) is 9.59 Å². The molecule has 2 bridgehead atoms. The first kappa shape index (κ1) is 13.5. The standard InChI is InChI=1S/C13H15N3O3S2/c17-7(18)4-20-13-16-15-12(21-13)14-11(19)10-8-5-1-2-6(3-5)9(8)10/h5-6,8-10H,1-4H2,(H,17,18)(H,14,15,19). The highest BCUT2D eigenvalue weighted by Crippen LogP contribution is 2.69. The monoisotopic (exact) mass is 325 g/mol. The summed E-state index contributed by atoms with van der Waals surface area (Å²) >= 11 is 2.36. The van der Waals surface area contributed by atoms with Gasteiger partial charge in [-0.2, -0.15) is 0 Å². The molecule has 0 radical (unpaired) electrons. The Morgan fingerprint density at radius 3 is 2.67 bits per heavy atom. The molecule has 1 aromatic rings. The third-order valence-electron chi connectivity index (χ3n) is 4.99. The van der Waals surface area contributed by atoms with E-state index in [4.69, 9.17) is 5.11 Å². The fourth-order valence-electron chi connectivity index (χ4n) is 4.31. The van der Waals surface area contributed by atoms with Gasteiger partial charge in [-0.25, -0.2) is 0 Å². The summed E-state index contributed by atoms with van der Waals surface area (Å²) in [5.74, 6) is 2.08. The molecule has 2 N–H and O–H groups in total. The molecule has 0 aromatic carbocycles. The zero-order valence-corrected chi connectivity index (χ0v) is 12.8. The summed E-state index contributed by atoms with van der Waals surface area (Å²) in [4.78, 5) is 22.8. The first-order valence-corrected chi connectivity index (χ1v) is 8.92. The molecule has 112 valence electrons. The molecule has 0 saturated heterocycles. The van der Waals surface area contributed by atoms with Gasteiger partial charge in [-0.3, -0.25) is 9.59 Å². The number of nitrogens with one attached hydrogen (secondary N) is 1. The fourth-order valence-corrected chi connectivity index (χ4v) is 5.78. The molecule has 3 aliphatic carbocycles. The van der Waals surface area contributed by atoms with E-state index in [0.29, 0.717) is 21.3 Å². The highest BCUT2D eigenvalue weighted by Gasteiger charge is 2.67. The van der Waals surface area contributed by atoms with Crippen molar-refractivity contribution < 1.29 is 14.7 Å². The maximum atomic E-state index is 12.3. The number of aliphatic carboxylic acids is 1. The highest BCUT2D eigenvalue weighted by atomic mass is 32.2. The molecular weight excluding hydrogens is 310 g/mol. The van der Waals surface area contributed by atoms with E-state index >= 15 is 0 Å². The van der Waals surface area contributed by atoms with E-state index in [9.17, 15) is 9.59 Å². The van der Waals surface area contributed by atoms with E-state index in [1.54, 1.807) is 0 Å². The summed E-state index contributed by atoms with van der Waals surface area (Å²) in [6.07, 6.45) is 3.92. The quantitative estimate of drug-likeness (QED) is 0.635. The van der Waals surface area contributed by atoms with Gasteiger partial charge in [0, 0.05) is 5.92 Å². The van der Waals surface area contributed by atoms with Crippen LogP contribution >= 0.6 is 23.1 Å². The van der Waals surface area contributed by atoms with Gasteiger partial charge in [-0.15, -0.1) is 10.2 Å². The Balaban J connectivity index is 1.34. The number of carboxylic acid groups (broad SMARTS) is 1. The highest BCUT2D eigenvalue weighted by molar-refractivity contribution is 8.01. The fraction of sp³-hybridized carbons (Fsp3) is 0.692. The van der Waals surface area contributed by atoms with Gasteiger partial charge < -0.3 is 10.4 Å². The molecule has 0 spiro atoms. The Labute approximate surface area is 129 Å². The van der Waals surface area contributed by atoms with Crippen LogP contribution in [0, 0.1) is 29.6 Å². The molecule has 1 heterocycles. The van der Waals surface area contributed by atoms with Crippen LogP contribution in [0.3, 0.4) is 0 Å². The Hall–Kier alpha value is -1.15. The summed E-state index contributed by atoms with van der Waals surface area (Å²) in [5, 5.41) is 19.8. The molecule has 6 nitrogen and oxygen atoms in total. The lowest BCUT2D eigenvalue weighted by molar-refractivity contribution is -0.133. The summed E-state index contributed by atoms with van der Waals surface area (Å²) < 4.78 is 0.573. The number of aromatic nitrogens is 2. The molecule has 3 aliphatic rings. The number of rotatable bonds is 5. The van der Waals surface area contributed by atoms with Crippen molar-refractivity contribution in [2.45, 2.75) is 23.6 Å². The molecule has 4 atom stereocenters. The smallest absolute Gasteiger partial charge is 0.313 e. The van der Waals surface area contributed by atoms with Crippen molar-refractivity contribution in [2.75, 3.05) is 11.1 Å². The van der Waals surface area contributed by atoms with E-state index in [-0.39, 0.29) is 17.6 Å². The van der Waals surface area contributed by atoms with Crippen molar-refractivity contribution in [1.82, 2.24) is 10.2 Å². The van der Waals surface area contributed by atoms with Gasteiger partial charge in [0.2, 0.25) is 11.0 Å². The van der Waals surface area contributed by atoms with Crippen LogP contribution in [0.4, 0.5) is 5.13 Å². The summed E-state index contributed by atoms with van der Waals surface area (Å²) in [7, 11) is 0. The maximum absolute atomic E-state index is 12.3. The van der Waals surface area contributed by atoms with Gasteiger partial charge in [0.05, 0.1) is 5.75 Å². The SMILES string of the molecule is O=C(O)CSc1nnc(NC(=O)C2C3C4CCC(C4)C23)s1. The van der Waals surface area contributed by atoms with Crippen LogP contribution < -0.4 is 5.32 Å². The molecule has 4 rings (SSSR count). The maximum Gasteiger partial charge on any atom is 0.313 e. The number of fused-ring (bicyclic) bond motifs is 5. The first-order valence-electron chi connectivity index (χ1n) is 7.12. The van der Waals surface area contributed by atoms with Crippen LogP contribution in [0.25, 0.3) is 0 Å². The molecule has 4 unspecified atom stereocenters. The Bertz CT molecular complexity index is 589. The number of thioether (sulfide) groups is 1. The molecule has 1 amide bonds. The summed E-state index contributed by atoms with van der Waals surface area (Å²) in [6.45, 7) is 0. The molecule has 21 heavy (non-hydrogen) atoms. The largest absolute Gasteiger partial charge is 0.481 e. The minimum Gasteiger partial charge on any atom is -0.481 e. The lowest BCUT2D eigenvalue weighted by atomic mass is 10.0. The zero-order chi connectivity index (χ0) is 14.6. The first-order chi connectivity index (χ1) is 10.1. The minimum absolute atomic E-state index is 0.0429. The van der Waals surface area contributed by atoms with Crippen LogP contribution in [-0.4, -0.2) is 32.9 Å². The minimum atomic E-state index is -0.887. The predicted octanol–water partition coefficient (Wildman–Crippen LogP) is 1.95. The van der Waals surface area contributed by atoms with Gasteiger partial charge in [0.15, 0.2) is 4.34 Å². The Kier molecular flexibility index (Phi) is 3.18. The normalized spacial score (nSPS) is 35.5. The second-order valence-corrected chi connectivity index (χ2v) is 8.26. The lowest BCUT2D eigenvalue weighted by Crippen LogP contribution is -2.18. The predicted molar refractivity (Wildman–Crippen MR) is 78.2 cm³/mol. The molecule has 1 aromatic heterocycles. The number of hydrogen-bond donors (Lipinski definition) is 2. The van der Waals surface area contributed by atoms with Crippen molar-refractivity contribution in [3.8, 4) is 0 Å². The van der Waals surface area contributed by atoms with Gasteiger partial charge in [0.25, 0.3) is 0 Å². The number of hydrogen-bond acceptors (Lipinski definition) is 6. The van der Waals surface area contributed by atoms with E-state index < -0.39 is 5.97 Å². The average Bonchev–Trinajstić information content (AvgIpc) is 2.81. The molecule has 8 heteroatoms. The third-order valence-corrected chi connectivity index (χ3v) is 6.95. The van der Waals surface area contributed by atoms with Crippen molar-refractivity contribution in [3.05, 3.63) is 0 Å². The van der Waals surface area contributed by atoms with Crippen molar-refractivity contribution in [3.63, 3.8) is 0 Å². The number of nitrogens with zero attached hydrogens (tertiary/aromatic N) is 2. The van der Waals surface area contributed by atoms with E-state index in [2.05, 4.69) is 15.5 Å². The van der Waals surface area contributed by atoms with Gasteiger partial charge in [-0.05, 0) is 42.9 Å². The molecular formula is C13H15N3O3S2. The number of carboxylic acids is 1. The number of carbonyl (C=O) groups excluding carboxylic acids is 1. The summed E-state index contributed by atoms with van der Waals surface area (Å²) in [6, 6.07) is 0. The van der Waals surface area contributed by atoms with Gasteiger partial charge >= 0.3 is 5.97 Å². The van der Waals surface area contributed by atoms with Gasteiger partial charge in [0.1, 0.15) is 0 Å². The molecule has 0 aliphatic heterocycles. The molecule has 3 saturated carbocycles. The van der Waals surface area contributed by atoms with Crippen LogP contribution in [0.5, 0.6) is 0 Å². The molecule has 3 fully saturated rings. The summed E-state index contributed by atoms with van der Waals surface area (Å²) in [5.41, 5.74) is 0. The lowest BCUT2D eigenvalue weighted by Gasteiger charge is -2.07. The Morgan fingerprint density at radius 2 is 2.00 bits per heavy atom. The average molecular weight is 325 g/mol. The second-order valence-electron chi connectivity index (χ2n) is 6.06. The van der Waals surface area contributed by atoms with Crippen LogP contribution in [0.2, 0.25) is 0 Å². The van der Waals surface area contributed by atoms with E-state index in [0.717, 1.165) is 23.6 Å². The van der Waals surface area contributed by atoms with Crippen LogP contribution in [0.1, 0.15) is 19.3 Å². The van der Waals surface area contributed by atoms with E-state index in [1.807, 2.05) is 0 Å². The number of amides is 1. The topological polar surface area (TPSA) is 92.2 Å². The zero-order valence-electron chi connectivity index (χ0n) is 11.2. The van der Waals surface area contributed by atoms with Crippen LogP contribution in [0.15, 0.2) is 4.34 Å². The van der Waals surface area contributed by atoms with Gasteiger partial charge in [-0.1, -0.05) is 23.1 Å². The number of anilines is 1. The Morgan fingerprint density at radius 1 is 1.29 bits per heavy atom. The third kappa shape index (κ3) is 2.34. The second kappa shape index (κ2) is 4.95. The van der Waals surface area contributed by atoms with E-state index in [1.165, 1.54) is 30.6 Å². The van der Waals surface area contributed by atoms with Crippen molar-refractivity contribution in [2.24, 2.45) is 29.6 Å². The van der Waals surface area contributed by atoms with Crippen molar-refractivity contribution in [1.29, 1.82) is 0 Å².